The van der Waals surface area contributed by atoms with E-state index in [0.29, 0.717) is 0 Å². The van der Waals surface area contributed by atoms with Crippen LogP contribution in [0.3, 0.4) is 0 Å². The first kappa shape index (κ1) is 27.7. The van der Waals surface area contributed by atoms with Crippen molar-refractivity contribution in [2.24, 2.45) is 0 Å². The van der Waals surface area contributed by atoms with Crippen LogP contribution < -0.4 is 26.2 Å². The maximum atomic E-state index is 2.50. The van der Waals surface area contributed by atoms with Crippen molar-refractivity contribution in [2.75, 3.05) is 9.80 Å². The molecule has 0 aliphatic carbocycles. The van der Waals surface area contributed by atoms with Gasteiger partial charge < -0.3 is 9.80 Å². The van der Waals surface area contributed by atoms with Crippen LogP contribution in [-0.2, 0) is 12.8 Å². The average molecular weight is 603 g/mol. The average Bonchev–Trinajstić information content (AvgIpc) is 3.14. The standard InChI is InChI=1S/C44H35BN2/c1-3-30-20-24-34(25-21-30)46-40-18-9-7-16-38(40)45-39-17-8-10-19-41(39)47(35-26-22-31(4-2)23-27-35)43-29-33(28-42(46)44(43)45)37-15-11-13-32-12-5-6-14-36(32)37/h5-29H,3-4H2,1-2H3. The number of para-hydroxylation sites is 2. The normalized spacial score (nSPS) is 12.9. The molecule has 0 radical (unpaired) electrons. The summed E-state index contributed by atoms with van der Waals surface area (Å²) in [6, 6.07) is 56.7. The Morgan fingerprint density at radius 3 is 1.51 bits per heavy atom. The highest BCUT2D eigenvalue weighted by Crippen LogP contribution is 2.46. The fourth-order valence-electron chi connectivity index (χ4n) is 7.85. The second-order valence-corrected chi connectivity index (χ2v) is 12.7. The molecular formula is C44H35BN2. The van der Waals surface area contributed by atoms with Crippen LogP contribution in [0.1, 0.15) is 25.0 Å². The van der Waals surface area contributed by atoms with Gasteiger partial charge in [0.2, 0.25) is 0 Å². The molecule has 0 aromatic heterocycles. The third-order valence-corrected chi connectivity index (χ3v) is 10.2. The van der Waals surface area contributed by atoms with Crippen molar-refractivity contribution in [1.29, 1.82) is 0 Å². The lowest BCUT2D eigenvalue weighted by Crippen LogP contribution is -2.61. The van der Waals surface area contributed by atoms with E-state index in [0.717, 1.165) is 12.8 Å². The fraction of sp³-hybridized carbons (Fsp3) is 0.0909. The van der Waals surface area contributed by atoms with Gasteiger partial charge in [-0.05, 0) is 111 Å². The summed E-state index contributed by atoms with van der Waals surface area (Å²) in [5.41, 5.74) is 16.5. The summed E-state index contributed by atoms with van der Waals surface area (Å²) in [6.45, 7) is 4.56. The highest BCUT2D eigenvalue weighted by Gasteiger charge is 2.43. The Bertz CT molecular complexity index is 2160. The van der Waals surface area contributed by atoms with Gasteiger partial charge in [-0.25, -0.2) is 0 Å². The maximum absolute atomic E-state index is 2.50. The zero-order valence-corrected chi connectivity index (χ0v) is 26.8. The molecule has 0 saturated carbocycles. The minimum absolute atomic E-state index is 0.117. The Labute approximate surface area is 277 Å². The third kappa shape index (κ3) is 4.34. The maximum Gasteiger partial charge on any atom is 0.252 e. The van der Waals surface area contributed by atoms with Gasteiger partial charge in [0.05, 0.1) is 0 Å². The number of benzene rings is 7. The van der Waals surface area contributed by atoms with Gasteiger partial charge in [-0.15, -0.1) is 0 Å². The molecule has 7 aromatic rings. The summed E-state index contributed by atoms with van der Waals surface area (Å²) in [6.07, 6.45) is 2.04. The van der Waals surface area contributed by atoms with Gasteiger partial charge in [0, 0.05) is 34.1 Å². The monoisotopic (exact) mass is 602 g/mol. The number of anilines is 6. The molecule has 0 saturated heterocycles. The predicted octanol–water partition coefficient (Wildman–Crippen LogP) is 9.71. The van der Waals surface area contributed by atoms with Crippen molar-refractivity contribution >= 4 is 68.0 Å². The zero-order chi connectivity index (χ0) is 31.5. The lowest BCUT2D eigenvalue weighted by molar-refractivity contribution is 1.13. The summed E-state index contributed by atoms with van der Waals surface area (Å²) >= 11 is 0. The van der Waals surface area contributed by atoms with Crippen molar-refractivity contribution in [3.05, 3.63) is 163 Å². The van der Waals surface area contributed by atoms with E-state index < -0.39 is 0 Å². The van der Waals surface area contributed by atoms with Gasteiger partial charge in [0.25, 0.3) is 6.71 Å². The molecule has 224 valence electrons. The molecule has 2 nitrogen and oxygen atoms in total. The highest BCUT2D eigenvalue weighted by molar-refractivity contribution is 7.00. The molecule has 0 fully saturated rings. The third-order valence-electron chi connectivity index (χ3n) is 10.2. The van der Waals surface area contributed by atoms with Crippen LogP contribution in [0.4, 0.5) is 34.1 Å². The number of aryl methyl sites for hydroxylation is 2. The molecular weight excluding hydrogens is 567 g/mol. The van der Waals surface area contributed by atoms with Gasteiger partial charge in [-0.1, -0.05) is 117 Å². The molecule has 2 aliphatic heterocycles. The molecule has 3 heteroatoms. The Morgan fingerprint density at radius 2 is 0.957 bits per heavy atom. The van der Waals surface area contributed by atoms with E-state index >= 15 is 0 Å². The minimum atomic E-state index is 0.117. The highest BCUT2D eigenvalue weighted by atomic mass is 15.2. The first-order chi connectivity index (χ1) is 23.2. The Balaban J connectivity index is 1.40. The number of hydrogen-bond acceptors (Lipinski definition) is 2. The zero-order valence-electron chi connectivity index (χ0n) is 26.8. The summed E-state index contributed by atoms with van der Waals surface area (Å²) < 4.78 is 0. The molecule has 9 rings (SSSR count). The molecule has 47 heavy (non-hydrogen) atoms. The molecule has 0 bridgehead atoms. The molecule has 7 aromatic carbocycles. The second kappa shape index (κ2) is 11.1. The molecule has 0 spiro atoms. The Morgan fingerprint density at radius 1 is 0.468 bits per heavy atom. The van der Waals surface area contributed by atoms with Gasteiger partial charge in [0.15, 0.2) is 0 Å². The van der Waals surface area contributed by atoms with Crippen molar-refractivity contribution in [3.8, 4) is 11.1 Å². The van der Waals surface area contributed by atoms with Gasteiger partial charge in [-0.2, -0.15) is 0 Å². The quantitative estimate of drug-likeness (QED) is 0.181. The van der Waals surface area contributed by atoms with Crippen LogP contribution in [0.5, 0.6) is 0 Å². The molecule has 0 unspecified atom stereocenters. The van der Waals surface area contributed by atoms with Crippen molar-refractivity contribution in [3.63, 3.8) is 0 Å². The van der Waals surface area contributed by atoms with Crippen LogP contribution >= 0.6 is 0 Å². The van der Waals surface area contributed by atoms with E-state index in [4.69, 9.17) is 0 Å². The number of rotatable bonds is 5. The largest absolute Gasteiger partial charge is 0.311 e. The van der Waals surface area contributed by atoms with E-state index in [1.807, 2.05) is 0 Å². The lowest BCUT2D eigenvalue weighted by Gasteiger charge is -2.44. The smallest absolute Gasteiger partial charge is 0.252 e. The Hall–Kier alpha value is -5.54. The van der Waals surface area contributed by atoms with Crippen LogP contribution in [0.25, 0.3) is 21.9 Å². The van der Waals surface area contributed by atoms with E-state index in [1.54, 1.807) is 0 Å². The number of nitrogens with zero attached hydrogens (tertiary/aromatic N) is 2. The van der Waals surface area contributed by atoms with E-state index in [2.05, 4.69) is 175 Å². The molecule has 0 amide bonds. The fourth-order valence-corrected chi connectivity index (χ4v) is 7.85. The van der Waals surface area contributed by atoms with Crippen molar-refractivity contribution in [1.82, 2.24) is 0 Å². The summed E-state index contributed by atoms with van der Waals surface area (Å²) in [7, 11) is 0. The predicted molar refractivity (Wildman–Crippen MR) is 202 cm³/mol. The molecule has 2 heterocycles. The van der Waals surface area contributed by atoms with Gasteiger partial charge in [-0.3, -0.25) is 0 Å². The van der Waals surface area contributed by atoms with Crippen LogP contribution in [0.2, 0.25) is 0 Å². The molecule has 0 N–H and O–H groups in total. The van der Waals surface area contributed by atoms with E-state index in [1.165, 1.54) is 83.5 Å². The first-order valence-corrected chi connectivity index (χ1v) is 16.9. The number of hydrogen-bond donors (Lipinski definition) is 0. The molecule has 2 aliphatic rings. The minimum Gasteiger partial charge on any atom is -0.311 e. The van der Waals surface area contributed by atoms with Gasteiger partial charge in [0.1, 0.15) is 0 Å². The topological polar surface area (TPSA) is 6.48 Å². The summed E-state index contributed by atoms with van der Waals surface area (Å²) in [5, 5.41) is 2.52. The SMILES string of the molecule is CCc1ccc(N2c3ccccc3B3c4ccccc4N(c4ccc(CC)cc4)c4cc(-c5cccc6ccccc56)cc2c43)cc1. The van der Waals surface area contributed by atoms with Gasteiger partial charge >= 0.3 is 0 Å². The van der Waals surface area contributed by atoms with E-state index in [-0.39, 0.29) is 6.71 Å². The first-order valence-electron chi connectivity index (χ1n) is 16.9. The van der Waals surface area contributed by atoms with Crippen LogP contribution in [0.15, 0.2) is 152 Å². The number of fused-ring (bicyclic) bond motifs is 5. The van der Waals surface area contributed by atoms with Crippen molar-refractivity contribution < 1.29 is 0 Å². The second-order valence-electron chi connectivity index (χ2n) is 12.7. The van der Waals surface area contributed by atoms with Crippen molar-refractivity contribution in [2.45, 2.75) is 26.7 Å². The summed E-state index contributed by atoms with van der Waals surface area (Å²) in [4.78, 5) is 5.01. The lowest BCUT2D eigenvalue weighted by atomic mass is 9.33. The molecule has 0 atom stereocenters. The van der Waals surface area contributed by atoms with E-state index in [9.17, 15) is 0 Å². The summed E-state index contributed by atoms with van der Waals surface area (Å²) in [5.74, 6) is 0. The Kier molecular flexibility index (Phi) is 6.53. The van der Waals surface area contributed by atoms with Crippen LogP contribution in [-0.4, -0.2) is 6.71 Å². The van der Waals surface area contributed by atoms with Crippen LogP contribution in [0, 0.1) is 0 Å².